The molecule has 0 atom stereocenters. The summed E-state index contributed by atoms with van der Waals surface area (Å²) in [6.07, 6.45) is 0.995. The highest BCUT2D eigenvalue weighted by molar-refractivity contribution is 7.90. The van der Waals surface area contributed by atoms with Gasteiger partial charge in [-0.05, 0) is 23.1 Å². The van der Waals surface area contributed by atoms with E-state index >= 15 is 0 Å². The fourth-order valence-corrected chi connectivity index (χ4v) is 4.34. The molecule has 0 spiro atoms. The van der Waals surface area contributed by atoms with Gasteiger partial charge in [0.25, 0.3) is 10.0 Å². The Morgan fingerprint density at radius 2 is 1.62 bits per heavy atom. The van der Waals surface area contributed by atoms with Crippen molar-refractivity contribution in [2.75, 3.05) is 25.8 Å². The first-order valence-electron chi connectivity index (χ1n) is 9.23. The topological polar surface area (TPSA) is 166 Å². The number of hydrogen-bond donors (Lipinski definition) is 3. The van der Waals surface area contributed by atoms with Crippen LogP contribution >= 0.6 is 0 Å². The second-order valence-electron chi connectivity index (χ2n) is 6.96. The maximum atomic E-state index is 13.0. The monoisotopic (exact) mass is 487 g/mol. The number of urea groups is 1. The smallest absolute Gasteiger partial charge is 0.335 e. The lowest BCUT2D eigenvalue weighted by Crippen LogP contribution is -2.35. The number of hydrogen-bond acceptors (Lipinski definition) is 9. The van der Waals surface area contributed by atoms with E-state index in [-0.39, 0.29) is 35.1 Å². The molecule has 0 saturated heterocycles. The Kier molecular flexibility index (Phi) is 7.98. The standard InChI is InChI=1S/C18H25N5O7S2/c1-11(2)13-7-6-12(10-19-31(5,25)26)8-14(13)32(27,28)23-18(24)22-17-20-15(29-3)9-16(21-17)30-4/h6-9,11,19H,10H2,1-5H3,(H2,20,21,22,23,24). The van der Waals surface area contributed by atoms with Crippen LogP contribution in [-0.2, 0) is 26.6 Å². The van der Waals surface area contributed by atoms with E-state index in [0.717, 1.165) is 6.26 Å². The van der Waals surface area contributed by atoms with Gasteiger partial charge in [-0.1, -0.05) is 26.0 Å². The fourth-order valence-electron chi connectivity index (χ4n) is 2.59. The van der Waals surface area contributed by atoms with Gasteiger partial charge in [-0.15, -0.1) is 0 Å². The summed E-state index contributed by atoms with van der Waals surface area (Å²) in [7, 11) is -5.08. The summed E-state index contributed by atoms with van der Waals surface area (Å²) in [6, 6.07) is 4.78. The lowest BCUT2D eigenvalue weighted by molar-refractivity contribution is 0.256. The molecule has 14 heteroatoms. The number of nitrogens with zero attached hydrogens (tertiary/aromatic N) is 2. The van der Waals surface area contributed by atoms with Crippen LogP contribution in [-0.4, -0.2) is 53.3 Å². The molecule has 1 aromatic heterocycles. The summed E-state index contributed by atoms with van der Waals surface area (Å²) >= 11 is 0. The van der Waals surface area contributed by atoms with Gasteiger partial charge < -0.3 is 9.47 Å². The van der Waals surface area contributed by atoms with Crippen molar-refractivity contribution in [1.82, 2.24) is 19.4 Å². The molecular weight excluding hydrogens is 462 g/mol. The first-order valence-corrected chi connectivity index (χ1v) is 12.6. The number of carbonyl (C=O) groups is 1. The molecule has 32 heavy (non-hydrogen) atoms. The number of ether oxygens (including phenoxy) is 2. The molecule has 176 valence electrons. The van der Waals surface area contributed by atoms with E-state index in [4.69, 9.17) is 9.47 Å². The zero-order valence-corrected chi connectivity index (χ0v) is 19.8. The number of methoxy groups -OCH3 is 2. The molecule has 0 fully saturated rings. The minimum Gasteiger partial charge on any atom is -0.481 e. The second-order valence-corrected chi connectivity index (χ2v) is 10.4. The van der Waals surface area contributed by atoms with E-state index in [1.807, 2.05) is 4.72 Å². The number of nitrogens with one attached hydrogen (secondary N) is 3. The Balaban J connectivity index is 2.30. The van der Waals surface area contributed by atoms with Gasteiger partial charge in [0.15, 0.2) is 0 Å². The van der Waals surface area contributed by atoms with Crippen molar-refractivity contribution in [3.8, 4) is 11.8 Å². The van der Waals surface area contributed by atoms with Gasteiger partial charge in [0.1, 0.15) is 0 Å². The summed E-state index contributed by atoms with van der Waals surface area (Å²) in [6.45, 7) is 3.47. The maximum absolute atomic E-state index is 13.0. The van der Waals surface area contributed by atoms with Gasteiger partial charge in [-0.3, -0.25) is 5.32 Å². The van der Waals surface area contributed by atoms with Crippen molar-refractivity contribution in [3.63, 3.8) is 0 Å². The molecule has 0 unspecified atom stereocenters. The van der Waals surface area contributed by atoms with E-state index in [9.17, 15) is 21.6 Å². The van der Waals surface area contributed by atoms with Crippen LogP contribution < -0.4 is 24.2 Å². The minimum absolute atomic E-state index is 0.100. The maximum Gasteiger partial charge on any atom is 0.335 e. The van der Waals surface area contributed by atoms with Gasteiger partial charge in [-0.25, -0.2) is 31.1 Å². The van der Waals surface area contributed by atoms with Gasteiger partial charge in [0, 0.05) is 6.54 Å². The van der Waals surface area contributed by atoms with Crippen molar-refractivity contribution < 1.29 is 31.1 Å². The van der Waals surface area contributed by atoms with Crippen LogP contribution in [0.25, 0.3) is 0 Å². The number of amides is 2. The molecular formula is C18H25N5O7S2. The van der Waals surface area contributed by atoms with E-state index in [0.29, 0.717) is 11.1 Å². The number of aromatic nitrogens is 2. The van der Waals surface area contributed by atoms with Crippen molar-refractivity contribution in [2.24, 2.45) is 0 Å². The fraction of sp³-hybridized carbons (Fsp3) is 0.389. The molecule has 0 aliphatic heterocycles. The highest BCUT2D eigenvalue weighted by Gasteiger charge is 2.24. The second kappa shape index (κ2) is 10.1. The van der Waals surface area contributed by atoms with Crippen molar-refractivity contribution in [3.05, 3.63) is 35.4 Å². The number of carbonyl (C=O) groups excluding carboxylic acids is 1. The number of rotatable bonds is 9. The Labute approximate surface area is 186 Å². The summed E-state index contributed by atoms with van der Waals surface area (Å²) in [5.41, 5.74) is 0.856. The van der Waals surface area contributed by atoms with Crippen LogP contribution in [0.15, 0.2) is 29.2 Å². The minimum atomic E-state index is -4.32. The average Bonchev–Trinajstić information content (AvgIpc) is 2.70. The largest absolute Gasteiger partial charge is 0.481 e. The zero-order valence-electron chi connectivity index (χ0n) is 18.2. The number of anilines is 1. The molecule has 3 N–H and O–H groups in total. The Morgan fingerprint density at radius 3 is 2.12 bits per heavy atom. The van der Waals surface area contributed by atoms with Crippen LogP contribution in [0.1, 0.15) is 30.9 Å². The molecule has 1 heterocycles. The van der Waals surface area contributed by atoms with Gasteiger partial charge >= 0.3 is 6.03 Å². The highest BCUT2D eigenvalue weighted by Crippen LogP contribution is 2.25. The van der Waals surface area contributed by atoms with Crippen LogP contribution in [0, 0.1) is 0 Å². The zero-order chi connectivity index (χ0) is 24.1. The van der Waals surface area contributed by atoms with Crippen LogP contribution in [0.3, 0.4) is 0 Å². The highest BCUT2D eigenvalue weighted by atomic mass is 32.2. The third-order valence-corrected chi connectivity index (χ3v) is 6.13. The predicted octanol–water partition coefficient (Wildman–Crippen LogP) is 1.18. The average molecular weight is 488 g/mol. The molecule has 0 saturated carbocycles. The molecule has 0 aliphatic carbocycles. The Hall–Kier alpha value is -2.97. The van der Waals surface area contributed by atoms with E-state index in [1.54, 1.807) is 26.0 Å². The molecule has 0 aliphatic rings. The molecule has 2 aromatic rings. The summed E-state index contributed by atoms with van der Waals surface area (Å²) in [5.74, 6) is -0.219. The molecule has 2 rings (SSSR count). The number of sulfonamides is 2. The molecule has 0 radical (unpaired) electrons. The SMILES string of the molecule is COc1cc(OC)nc(NC(=O)NS(=O)(=O)c2cc(CNS(C)(=O)=O)ccc2C(C)C)n1. The van der Waals surface area contributed by atoms with Crippen molar-refractivity contribution in [1.29, 1.82) is 0 Å². The van der Waals surface area contributed by atoms with E-state index in [2.05, 4.69) is 20.0 Å². The van der Waals surface area contributed by atoms with E-state index in [1.165, 1.54) is 26.4 Å². The molecule has 12 nitrogen and oxygen atoms in total. The van der Waals surface area contributed by atoms with Crippen molar-refractivity contribution in [2.45, 2.75) is 31.2 Å². The Bertz CT molecular complexity index is 1180. The molecule has 2 amide bonds. The summed E-state index contributed by atoms with van der Waals surface area (Å²) in [5, 5.41) is 2.22. The number of benzene rings is 1. The van der Waals surface area contributed by atoms with Gasteiger partial charge in [-0.2, -0.15) is 9.97 Å². The van der Waals surface area contributed by atoms with Crippen LogP contribution in [0.4, 0.5) is 10.7 Å². The summed E-state index contributed by atoms with van der Waals surface area (Å²) < 4.78 is 62.8. The quantitative estimate of drug-likeness (QED) is 0.471. The van der Waals surface area contributed by atoms with Gasteiger partial charge in [0.05, 0.1) is 31.4 Å². The normalized spacial score (nSPS) is 11.8. The predicted molar refractivity (Wildman–Crippen MR) is 117 cm³/mol. The first-order chi connectivity index (χ1) is 14.8. The van der Waals surface area contributed by atoms with Crippen molar-refractivity contribution >= 4 is 32.0 Å². The lowest BCUT2D eigenvalue weighted by Gasteiger charge is -2.16. The lowest BCUT2D eigenvalue weighted by atomic mass is 10.0. The van der Waals surface area contributed by atoms with Gasteiger partial charge in [0.2, 0.25) is 27.7 Å². The molecule has 1 aromatic carbocycles. The first kappa shape index (κ1) is 25.3. The molecule has 0 bridgehead atoms. The van der Waals surface area contributed by atoms with Crippen LogP contribution in [0.2, 0.25) is 0 Å². The van der Waals surface area contributed by atoms with Crippen LogP contribution in [0.5, 0.6) is 11.8 Å². The Morgan fingerprint density at radius 1 is 1.03 bits per heavy atom. The van der Waals surface area contributed by atoms with E-state index < -0.39 is 26.1 Å². The third-order valence-electron chi connectivity index (χ3n) is 4.08. The third kappa shape index (κ3) is 7.03. The summed E-state index contributed by atoms with van der Waals surface area (Å²) in [4.78, 5) is 20.0.